The van der Waals surface area contributed by atoms with E-state index in [9.17, 15) is 9.59 Å². The van der Waals surface area contributed by atoms with Crippen LogP contribution in [0, 0.1) is 13.8 Å². The lowest BCUT2D eigenvalue weighted by Gasteiger charge is -2.21. The van der Waals surface area contributed by atoms with E-state index in [-0.39, 0.29) is 11.2 Å². The maximum Gasteiger partial charge on any atom is 0.329 e. The largest absolute Gasteiger partial charge is 0.358 e. The van der Waals surface area contributed by atoms with Gasteiger partial charge in [0.05, 0.1) is 5.56 Å². The molecule has 2 heterocycles. The minimum absolute atomic E-state index is 0.199. The Kier molecular flexibility index (Phi) is 4.11. The van der Waals surface area contributed by atoms with Crippen LogP contribution < -0.4 is 16.1 Å². The fourth-order valence-electron chi connectivity index (χ4n) is 3.40. The molecule has 1 aliphatic heterocycles. The second-order valence-corrected chi connectivity index (χ2v) is 6.49. The van der Waals surface area contributed by atoms with Crippen LogP contribution in [0.25, 0.3) is 0 Å². The quantitative estimate of drug-likeness (QED) is 0.941. The van der Waals surface area contributed by atoms with E-state index in [1.165, 1.54) is 18.2 Å². The van der Waals surface area contributed by atoms with Crippen LogP contribution in [0.4, 0.5) is 5.82 Å². The SMILES string of the molecule is Cc1cc(C)cc(Cc2c(N3CCCC3)[nH]c(=O)n(C)c2=O)c1. The Balaban J connectivity index is 2.11. The van der Waals surface area contributed by atoms with Crippen LogP contribution in [0.3, 0.4) is 0 Å². The van der Waals surface area contributed by atoms with Crippen molar-refractivity contribution < 1.29 is 0 Å². The van der Waals surface area contributed by atoms with Gasteiger partial charge in [-0.05, 0) is 32.3 Å². The molecule has 0 aliphatic carbocycles. The summed E-state index contributed by atoms with van der Waals surface area (Å²) in [7, 11) is 1.53. The standard InChI is InChI=1S/C18H23N3O2/c1-12-8-13(2)10-14(9-12)11-15-16(21-6-4-5-7-21)19-18(23)20(3)17(15)22/h8-10H,4-7,11H2,1-3H3,(H,19,23). The second kappa shape index (κ2) is 6.07. The predicted octanol–water partition coefficient (Wildman–Crippen LogP) is 1.88. The van der Waals surface area contributed by atoms with Gasteiger partial charge < -0.3 is 4.90 Å². The Morgan fingerprint density at radius 2 is 1.65 bits per heavy atom. The summed E-state index contributed by atoms with van der Waals surface area (Å²) in [4.78, 5) is 29.7. The molecule has 5 nitrogen and oxygen atoms in total. The first-order valence-electron chi connectivity index (χ1n) is 8.10. The molecule has 2 aromatic rings. The Labute approximate surface area is 135 Å². The highest BCUT2D eigenvalue weighted by atomic mass is 16.2. The fraction of sp³-hybridized carbons (Fsp3) is 0.444. The number of anilines is 1. The molecule has 1 N–H and O–H groups in total. The van der Waals surface area contributed by atoms with Gasteiger partial charge in [-0.2, -0.15) is 0 Å². The van der Waals surface area contributed by atoms with Crippen molar-refractivity contribution in [1.82, 2.24) is 9.55 Å². The Morgan fingerprint density at radius 3 is 2.26 bits per heavy atom. The summed E-state index contributed by atoms with van der Waals surface area (Å²) in [6, 6.07) is 6.33. The van der Waals surface area contributed by atoms with Crippen molar-refractivity contribution in [3.63, 3.8) is 0 Å². The van der Waals surface area contributed by atoms with E-state index < -0.39 is 0 Å². The van der Waals surface area contributed by atoms with E-state index in [1.54, 1.807) is 0 Å². The molecule has 0 amide bonds. The monoisotopic (exact) mass is 313 g/mol. The van der Waals surface area contributed by atoms with Crippen LogP contribution in [0.2, 0.25) is 0 Å². The summed E-state index contributed by atoms with van der Waals surface area (Å²) in [6.07, 6.45) is 2.73. The van der Waals surface area contributed by atoms with Crippen molar-refractivity contribution in [3.8, 4) is 0 Å². The minimum Gasteiger partial charge on any atom is -0.358 e. The molecule has 0 atom stereocenters. The molecule has 3 rings (SSSR count). The van der Waals surface area contributed by atoms with Crippen LogP contribution in [0.5, 0.6) is 0 Å². The highest BCUT2D eigenvalue weighted by molar-refractivity contribution is 5.49. The molecule has 23 heavy (non-hydrogen) atoms. The van der Waals surface area contributed by atoms with E-state index in [2.05, 4.69) is 41.9 Å². The zero-order valence-electron chi connectivity index (χ0n) is 14.0. The van der Waals surface area contributed by atoms with Crippen LogP contribution in [0.1, 0.15) is 35.1 Å². The molecule has 1 aliphatic rings. The minimum atomic E-state index is -0.346. The molecule has 1 fully saturated rings. The molecule has 1 saturated heterocycles. The van der Waals surface area contributed by atoms with E-state index in [0.29, 0.717) is 17.8 Å². The van der Waals surface area contributed by atoms with Crippen LogP contribution >= 0.6 is 0 Å². The number of rotatable bonds is 3. The molecule has 122 valence electrons. The summed E-state index contributed by atoms with van der Waals surface area (Å²) >= 11 is 0. The predicted molar refractivity (Wildman–Crippen MR) is 92.5 cm³/mol. The Morgan fingerprint density at radius 1 is 1.04 bits per heavy atom. The van der Waals surface area contributed by atoms with E-state index in [4.69, 9.17) is 0 Å². The number of hydrogen-bond acceptors (Lipinski definition) is 3. The van der Waals surface area contributed by atoms with Crippen LogP contribution in [-0.2, 0) is 13.5 Å². The lowest BCUT2D eigenvalue weighted by molar-refractivity contribution is 0.745. The first-order chi connectivity index (χ1) is 11.0. The third-order valence-corrected chi connectivity index (χ3v) is 4.46. The van der Waals surface area contributed by atoms with Crippen molar-refractivity contribution in [2.24, 2.45) is 7.05 Å². The molecule has 0 radical (unpaired) electrons. The van der Waals surface area contributed by atoms with Gasteiger partial charge in [-0.3, -0.25) is 14.3 Å². The zero-order valence-corrected chi connectivity index (χ0v) is 14.0. The van der Waals surface area contributed by atoms with Gasteiger partial charge in [0.15, 0.2) is 0 Å². The molecule has 1 aromatic carbocycles. The number of aromatic nitrogens is 2. The molecular weight excluding hydrogens is 290 g/mol. The fourth-order valence-corrected chi connectivity index (χ4v) is 3.40. The summed E-state index contributed by atoms with van der Waals surface area (Å²) in [5.74, 6) is 0.703. The van der Waals surface area contributed by atoms with Gasteiger partial charge in [0.1, 0.15) is 5.82 Å². The lowest BCUT2D eigenvalue weighted by atomic mass is 10.0. The third-order valence-electron chi connectivity index (χ3n) is 4.46. The third kappa shape index (κ3) is 3.09. The van der Waals surface area contributed by atoms with Crippen molar-refractivity contribution >= 4 is 5.82 Å². The van der Waals surface area contributed by atoms with E-state index >= 15 is 0 Å². The van der Waals surface area contributed by atoms with E-state index in [1.807, 2.05) is 0 Å². The normalized spacial score (nSPS) is 14.5. The summed E-state index contributed by atoms with van der Waals surface area (Å²) in [5, 5.41) is 0. The average molecular weight is 313 g/mol. The van der Waals surface area contributed by atoms with Gasteiger partial charge in [0.25, 0.3) is 5.56 Å². The lowest BCUT2D eigenvalue weighted by Crippen LogP contribution is -2.38. The maximum atomic E-state index is 12.7. The molecule has 0 saturated carbocycles. The van der Waals surface area contributed by atoms with Crippen molar-refractivity contribution in [2.75, 3.05) is 18.0 Å². The molecule has 0 unspecified atom stereocenters. The first-order valence-corrected chi connectivity index (χ1v) is 8.10. The number of nitrogens with one attached hydrogen (secondary N) is 1. The van der Waals surface area contributed by atoms with Crippen LogP contribution in [0.15, 0.2) is 27.8 Å². The first kappa shape index (κ1) is 15.6. The molecule has 5 heteroatoms. The summed E-state index contributed by atoms with van der Waals surface area (Å²) in [5.41, 5.74) is 3.61. The number of aromatic amines is 1. The molecule has 0 bridgehead atoms. The van der Waals surface area contributed by atoms with Gasteiger partial charge in [-0.15, -0.1) is 0 Å². The zero-order chi connectivity index (χ0) is 16.6. The Bertz CT molecular complexity index is 822. The van der Waals surface area contributed by atoms with Gasteiger partial charge >= 0.3 is 5.69 Å². The smallest absolute Gasteiger partial charge is 0.329 e. The molecule has 1 aromatic heterocycles. The van der Waals surface area contributed by atoms with Crippen LogP contribution in [-0.4, -0.2) is 22.6 Å². The van der Waals surface area contributed by atoms with Gasteiger partial charge in [0.2, 0.25) is 0 Å². The van der Waals surface area contributed by atoms with Gasteiger partial charge in [-0.25, -0.2) is 4.79 Å². The highest BCUT2D eigenvalue weighted by Gasteiger charge is 2.20. The molecular formula is C18H23N3O2. The summed E-state index contributed by atoms with van der Waals surface area (Å²) < 4.78 is 1.16. The highest BCUT2D eigenvalue weighted by Crippen LogP contribution is 2.22. The second-order valence-electron chi connectivity index (χ2n) is 6.49. The number of benzene rings is 1. The number of hydrogen-bond donors (Lipinski definition) is 1. The summed E-state index contributed by atoms with van der Waals surface area (Å²) in [6.45, 7) is 5.90. The van der Waals surface area contributed by atoms with Crippen molar-refractivity contribution in [3.05, 3.63) is 61.3 Å². The van der Waals surface area contributed by atoms with Gasteiger partial charge in [-0.1, -0.05) is 29.3 Å². The maximum absolute atomic E-state index is 12.7. The Hall–Kier alpha value is -2.30. The van der Waals surface area contributed by atoms with Crippen molar-refractivity contribution in [1.29, 1.82) is 0 Å². The number of H-pyrrole nitrogens is 1. The number of aryl methyl sites for hydroxylation is 2. The molecule has 0 spiro atoms. The van der Waals surface area contributed by atoms with Crippen molar-refractivity contribution in [2.45, 2.75) is 33.1 Å². The average Bonchev–Trinajstić information content (AvgIpc) is 3.01. The topological polar surface area (TPSA) is 58.1 Å². The number of nitrogens with zero attached hydrogens (tertiary/aromatic N) is 2. The van der Waals surface area contributed by atoms with Gasteiger partial charge in [0, 0.05) is 26.6 Å². The van der Waals surface area contributed by atoms with E-state index in [0.717, 1.165) is 36.1 Å².